The van der Waals surface area contributed by atoms with Crippen molar-refractivity contribution in [2.45, 2.75) is 57.1 Å². The molecular weight excluding hydrogens is 320 g/mol. The highest BCUT2D eigenvalue weighted by atomic mass is 35.5. The second kappa shape index (κ2) is 7.69. The number of anilines is 1. The number of allylic oxidation sites excluding steroid dienone is 1. The molecule has 0 aromatic heterocycles. The Labute approximate surface area is 151 Å². The Balaban J connectivity index is 1.48. The van der Waals surface area contributed by atoms with Crippen molar-refractivity contribution in [1.29, 1.82) is 0 Å². The average Bonchev–Trinajstić information content (AvgIpc) is 2.52. The van der Waals surface area contributed by atoms with E-state index in [0.717, 1.165) is 24.3 Å². The number of ether oxygens (including phenoxy) is 1. The number of benzene rings is 1. The van der Waals surface area contributed by atoms with E-state index in [2.05, 4.69) is 16.8 Å². The van der Waals surface area contributed by atoms with Crippen LogP contribution in [0.1, 0.15) is 44.9 Å². The van der Waals surface area contributed by atoms with Crippen LogP contribution in [0.4, 0.5) is 5.69 Å². The summed E-state index contributed by atoms with van der Waals surface area (Å²) in [4.78, 5) is 2.06. The van der Waals surface area contributed by atoms with Crippen LogP contribution in [0.15, 0.2) is 30.5 Å². The Hall–Kier alpha value is -1.35. The summed E-state index contributed by atoms with van der Waals surface area (Å²) in [7, 11) is 4.04. The minimum atomic E-state index is 0.245. The van der Waals surface area contributed by atoms with Crippen LogP contribution < -0.4 is 15.0 Å². The van der Waals surface area contributed by atoms with Gasteiger partial charge in [0, 0.05) is 43.5 Å². The van der Waals surface area contributed by atoms with E-state index >= 15 is 0 Å². The molecule has 2 aliphatic rings. The second-order valence-electron chi connectivity index (χ2n) is 7.42. The molecule has 0 amide bonds. The first-order chi connectivity index (χ1) is 11.5. The molecule has 3 nitrogen and oxygen atoms in total. The molecule has 0 spiro atoms. The van der Waals surface area contributed by atoms with Gasteiger partial charge in [-0.15, -0.1) is 0 Å². The lowest BCUT2D eigenvalue weighted by Crippen LogP contribution is -2.41. The monoisotopic (exact) mass is 348 g/mol. The lowest BCUT2D eigenvalue weighted by Gasteiger charge is -2.38. The summed E-state index contributed by atoms with van der Waals surface area (Å²) in [5.41, 5.74) is 2.31. The molecule has 0 unspecified atom stereocenters. The van der Waals surface area contributed by atoms with Crippen molar-refractivity contribution in [3.8, 4) is 5.75 Å². The highest BCUT2D eigenvalue weighted by molar-refractivity contribution is 6.32. The van der Waals surface area contributed by atoms with Crippen molar-refractivity contribution in [2.24, 2.45) is 5.92 Å². The van der Waals surface area contributed by atoms with Gasteiger partial charge >= 0.3 is 0 Å². The summed E-state index contributed by atoms with van der Waals surface area (Å²) in [5, 5.41) is 4.34. The lowest BCUT2D eigenvalue weighted by molar-refractivity contribution is 0.0773. The molecule has 1 N–H and O–H groups in total. The van der Waals surface area contributed by atoms with Crippen LogP contribution in [0.2, 0.25) is 5.02 Å². The number of hydrogen-bond donors (Lipinski definition) is 1. The molecule has 0 atom stereocenters. The number of rotatable bonds is 6. The molecule has 24 heavy (non-hydrogen) atoms. The van der Waals surface area contributed by atoms with Crippen molar-refractivity contribution in [1.82, 2.24) is 5.32 Å². The van der Waals surface area contributed by atoms with Crippen LogP contribution >= 0.6 is 11.6 Å². The minimum Gasteiger partial charge on any atom is -0.489 e. The molecule has 3 rings (SSSR count). The minimum absolute atomic E-state index is 0.245. The smallest absolute Gasteiger partial charge is 0.140 e. The fraction of sp³-hybridized carbons (Fsp3) is 0.600. The van der Waals surface area contributed by atoms with Crippen LogP contribution in [0.25, 0.3) is 0 Å². The van der Waals surface area contributed by atoms with Gasteiger partial charge in [-0.05, 0) is 37.8 Å². The Kier molecular flexibility index (Phi) is 5.60. The molecule has 4 heteroatoms. The summed E-state index contributed by atoms with van der Waals surface area (Å²) >= 11 is 6.28. The van der Waals surface area contributed by atoms with E-state index in [1.54, 1.807) is 0 Å². The van der Waals surface area contributed by atoms with Gasteiger partial charge in [0.15, 0.2) is 0 Å². The van der Waals surface area contributed by atoms with Crippen LogP contribution in [0.3, 0.4) is 0 Å². The normalized spacial score (nSPS) is 24.1. The van der Waals surface area contributed by atoms with Crippen LogP contribution in [0, 0.1) is 5.92 Å². The first-order valence-electron chi connectivity index (χ1n) is 9.12. The van der Waals surface area contributed by atoms with E-state index in [0.29, 0.717) is 17.0 Å². The number of nitrogens with zero attached hydrogens (tertiary/aromatic N) is 1. The van der Waals surface area contributed by atoms with Crippen molar-refractivity contribution in [2.75, 3.05) is 19.0 Å². The Bertz CT molecular complexity index is 575. The van der Waals surface area contributed by atoms with Gasteiger partial charge < -0.3 is 15.0 Å². The predicted octanol–water partition coefficient (Wildman–Crippen LogP) is 5.00. The van der Waals surface area contributed by atoms with E-state index in [-0.39, 0.29) is 6.10 Å². The molecule has 1 aromatic rings. The summed E-state index contributed by atoms with van der Waals surface area (Å²) in [6.45, 7) is 4.27. The number of nitrogens with one attached hydrogen (secondary N) is 1. The third-order valence-electron chi connectivity index (χ3n) is 5.31. The fourth-order valence-corrected chi connectivity index (χ4v) is 3.78. The van der Waals surface area contributed by atoms with E-state index in [1.165, 1.54) is 37.8 Å². The first-order valence-corrected chi connectivity index (χ1v) is 9.49. The van der Waals surface area contributed by atoms with Gasteiger partial charge in [0.2, 0.25) is 0 Å². The van der Waals surface area contributed by atoms with Crippen molar-refractivity contribution < 1.29 is 4.74 Å². The quantitative estimate of drug-likeness (QED) is 0.783. The average molecular weight is 349 g/mol. The SMILES string of the molecule is C=C(NC1CCCCC1)C1CC(Oc2cc(N(C)C)ccc2Cl)C1. The lowest BCUT2D eigenvalue weighted by atomic mass is 9.79. The summed E-state index contributed by atoms with van der Waals surface area (Å²) < 4.78 is 6.11. The van der Waals surface area contributed by atoms with Crippen molar-refractivity contribution in [3.63, 3.8) is 0 Å². The van der Waals surface area contributed by atoms with Gasteiger partial charge in [-0.3, -0.25) is 0 Å². The largest absolute Gasteiger partial charge is 0.489 e. The standard InChI is InChI=1S/C20H29ClN2O/c1-14(22-16-7-5-4-6-8-16)15-11-18(12-15)24-20-13-17(23(2)3)9-10-19(20)21/h9-10,13,15-16,18,22H,1,4-8,11-12H2,2-3H3. The van der Waals surface area contributed by atoms with Gasteiger partial charge in [-0.2, -0.15) is 0 Å². The van der Waals surface area contributed by atoms with Gasteiger partial charge in [0.25, 0.3) is 0 Å². The molecule has 0 heterocycles. The highest BCUT2D eigenvalue weighted by Gasteiger charge is 2.34. The van der Waals surface area contributed by atoms with E-state index in [9.17, 15) is 0 Å². The highest BCUT2D eigenvalue weighted by Crippen LogP contribution is 2.38. The molecule has 2 aliphatic carbocycles. The maximum absolute atomic E-state index is 6.28. The predicted molar refractivity (Wildman–Crippen MR) is 102 cm³/mol. The number of hydrogen-bond acceptors (Lipinski definition) is 3. The summed E-state index contributed by atoms with van der Waals surface area (Å²) in [6.07, 6.45) is 8.97. The molecule has 2 fully saturated rings. The van der Waals surface area contributed by atoms with Gasteiger partial charge in [0.1, 0.15) is 11.9 Å². The van der Waals surface area contributed by atoms with Crippen molar-refractivity contribution in [3.05, 3.63) is 35.5 Å². The zero-order chi connectivity index (χ0) is 17.1. The third kappa shape index (κ3) is 4.18. The van der Waals surface area contributed by atoms with Gasteiger partial charge in [0.05, 0.1) is 5.02 Å². The van der Waals surface area contributed by atoms with E-state index in [4.69, 9.17) is 16.3 Å². The Morgan fingerprint density at radius 3 is 2.58 bits per heavy atom. The first kappa shape index (κ1) is 17.5. The third-order valence-corrected chi connectivity index (χ3v) is 5.62. The van der Waals surface area contributed by atoms with Crippen LogP contribution in [-0.2, 0) is 0 Å². The summed E-state index contributed by atoms with van der Waals surface area (Å²) in [5.74, 6) is 1.32. The molecule has 0 saturated heterocycles. The molecular formula is C20H29ClN2O. The topological polar surface area (TPSA) is 24.5 Å². The van der Waals surface area contributed by atoms with Crippen molar-refractivity contribution >= 4 is 17.3 Å². The maximum Gasteiger partial charge on any atom is 0.140 e. The molecule has 1 aromatic carbocycles. The van der Waals surface area contributed by atoms with Gasteiger partial charge in [-0.1, -0.05) is 37.4 Å². The molecule has 0 aliphatic heterocycles. The molecule has 2 saturated carbocycles. The zero-order valence-corrected chi connectivity index (χ0v) is 15.6. The zero-order valence-electron chi connectivity index (χ0n) is 14.9. The molecule has 132 valence electrons. The fourth-order valence-electron chi connectivity index (χ4n) is 3.61. The molecule has 0 bridgehead atoms. The second-order valence-corrected chi connectivity index (χ2v) is 7.83. The molecule has 0 radical (unpaired) electrons. The van der Waals surface area contributed by atoms with Gasteiger partial charge in [-0.25, -0.2) is 0 Å². The summed E-state index contributed by atoms with van der Waals surface area (Å²) in [6, 6.07) is 6.57. The Morgan fingerprint density at radius 2 is 1.92 bits per heavy atom. The van der Waals surface area contributed by atoms with Crippen LogP contribution in [0.5, 0.6) is 5.75 Å². The Morgan fingerprint density at radius 1 is 1.21 bits per heavy atom. The van der Waals surface area contributed by atoms with E-state index < -0.39 is 0 Å². The van der Waals surface area contributed by atoms with Crippen LogP contribution in [-0.4, -0.2) is 26.2 Å². The number of halogens is 1. The van der Waals surface area contributed by atoms with E-state index in [1.807, 2.05) is 32.3 Å². The maximum atomic E-state index is 6.28.